The molecule has 1 unspecified atom stereocenters. The minimum absolute atomic E-state index is 0.0327. The number of ether oxygens (including phenoxy) is 6. The molecule has 1 aliphatic rings. The first-order valence-corrected chi connectivity index (χ1v) is 16.7. The number of methoxy groups -OCH3 is 5. The summed E-state index contributed by atoms with van der Waals surface area (Å²) in [5, 5.41) is 2.66. The van der Waals surface area contributed by atoms with Gasteiger partial charge in [-0.2, -0.15) is 0 Å². The fourth-order valence-corrected chi connectivity index (χ4v) is 7.65. The molecule has 2 heterocycles. The molecule has 4 aromatic rings. The second-order valence-electron chi connectivity index (χ2n) is 10.6. The molecule has 1 aliphatic heterocycles. The van der Waals surface area contributed by atoms with Gasteiger partial charge in [0.2, 0.25) is 16.9 Å². The predicted molar refractivity (Wildman–Crippen MR) is 178 cm³/mol. The van der Waals surface area contributed by atoms with Crippen LogP contribution in [-0.4, -0.2) is 87.0 Å². The Morgan fingerprint density at radius 2 is 1.62 bits per heavy atom. The second-order valence-corrected chi connectivity index (χ2v) is 13.1. The Kier molecular flexibility index (Phi) is 10.7. The van der Waals surface area contributed by atoms with Gasteiger partial charge in [-0.3, -0.25) is 15.0 Å². The summed E-state index contributed by atoms with van der Waals surface area (Å²) in [7, 11) is 3.72. The number of halogens is 1. The third-order valence-corrected chi connectivity index (χ3v) is 10.4. The van der Waals surface area contributed by atoms with E-state index in [0.29, 0.717) is 54.6 Å². The first-order valence-electron chi connectivity index (χ1n) is 14.8. The van der Waals surface area contributed by atoms with Crippen molar-refractivity contribution in [2.24, 2.45) is 0 Å². The Hall–Kier alpha value is -4.17. The van der Waals surface area contributed by atoms with Crippen LogP contribution in [-0.2, 0) is 9.84 Å². The van der Waals surface area contributed by atoms with Crippen LogP contribution in [0, 0.1) is 0 Å². The minimum Gasteiger partial charge on any atom is -0.496 e. The molecule has 1 saturated heterocycles. The summed E-state index contributed by atoms with van der Waals surface area (Å²) in [5.41, 5.74) is 0.237. The third-order valence-electron chi connectivity index (χ3n) is 7.88. The van der Waals surface area contributed by atoms with Crippen LogP contribution in [0.5, 0.6) is 34.5 Å². The molecule has 5 rings (SSSR count). The van der Waals surface area contributed by atoms with Crippen LogP contribution in [0.4, 0.5) is 0 Å². The van der Waals surface area contributed by atoms with Crippen molar-refractivity contribution in [3.8, 4) is 45.8 Å². The zero-order chi connectivity index (χ0) is 33.7. The van der Waals surface area contributed by atoms with Gasteiger partial charge in [0.25, 0.3) is 0 Å². The molecule has 1 fully saturated rings. The van der Waals surface area contributed by atoms with E-state index in [-0.39, 0.29) is 51.3 Å². The van der Waals surface area contributed by atoms with Gasteiger partial charge in [-0.25, -0.2) is 8.42 Å². The maximum Gasteiger partial charge on any atom is 0.239 e. The summed E-state index contributed by atoms with van der Waals surface area (Å²) < 4.78 is 66.6. The van der Waals surface area contributed by atoms with Gasteiger partial charge in [-0.05, 0) is 30.7 Å². The Morgan fingerprint density at radius 1 is 0.915 bits per heavy atom. The molecule has 0 bridgehead atoms. The number of hydrogen-bond acceptors (Lipinski definition) is 12. The predicted octanol–water partition coefficient (Wildman–Crippen LogP) is 4.63. The first kappa shape index (κ1) is 34.2. The quantitative estimate of drug-likeness (QED) is 0.196. The maximum absolute atomic E-state index is 14.1. The van der Waals surface area contributed by atoms with Gasteiger partial charge in [0.1, 0.15) is 27.8 Å². The Balaban J connectivity index is 1.43. The Labute approximate surface area is 277 Å². The van der Waals surface area contributed by atoms with E-state index in [0.717, 1.165) is 0 Å². The van der Waals surface area contributed by atoms with E-state index in [4.69, 9.17) is 44.4 Å². The van der Waals surface area contributed by atoms with Crippen LogP contribution in [0.15, 0.2) is 62.6 Å². The summed E-state index contributed by atoms with van der Waals surface area (Å²) in [6.45, 7) is 2.05. The number of fused-ring (bicyclic) bond motifs is 1. The highest BCUT2D eigenvalue weighted by Gasteiger charge is 2.33. The van der Waals surface area contributed by atoms with E-state index >= 15 is 0 Å². The molecule has 252 valence electrons. The maximum atomic E-state index is 14.1. The molecule has 0 amide bonds. The number of piperazine rings is 1. The van der Waals surface area contributed by atoms with Crippen molar-refractivity contribution in [1.82, 2.24) is 10.2 Å². The first-order chi connectivity index (χ1) is 22.7. The standard InChI is InChI=1S/C33H37ClN2O10S/c1-40-21-17-23(41-2)29-24(18-21)46-31(20-15-25(42-3)32(44-5)26(16-20)43-4)33(30(29)37)45-14-8-12-36-13-11-35-28(19-36)47(38,39)27-10-7-6-9-22(27)34/h6-7,9-10,15-18,28,35H,8,11-14,19H2,1-5H3. The number of sulfone groups is 1. The molecule has 1 aromatic heterocycles. The van der Waals surface area contributed by atoms with Gasteiger partial charge in [0.15, 0.2) is 27.1 Å². The molecule has 0 saturated carbocycles. The minimum atomic E-state index is -3.71. The average molecular weight is 689 g/mol. The summed E-state index contributed by atoms with van der Waals surface area (Å²) >= 11 is 6.21. The van der Waals surface area contributed by atoms with E-state index in [1.165, 1.54) is 41.6 Å². The topological polar surface area (TPSA) is 135 Å². The van der Waals surface area contributed by atoms with Crippen LogP contribution in [0.1, 0.15) is 6.42 Å². The summed E-state index contributed by atoms with van der Waals surface area (Å²) in [6.07, 6.45) is 0.491. The van der Waals surface area contributed by atoms with E-state index in [9.17, 15) is 13.2 Å². The number of rotatable bonds is 13. The zero-order valence-corrected chi connectivity index (χ0v) is 28.3. The fourth-order valence-electron chi connectivity index (χ4n) is 5.53. The lowest BCUT2D eigenvalue weighted by molar-refractivity contribution is 0.202. The van der Waals surface area contributed by atoms with Crippen LogP contribution in [0.3, 0.4) is 0 Å². The lowest BCUT2D eigenvalue weighted by atomic mass is 10.1. The zero-order valence-electron chi connectivity index (χ0n) is 26.8. The molecule has 0 aliphatic carbocycles. The average Bonchev–Trinajstić information content (AvgIpc) is 3.09. The van der Waals surface area contributed by atoms with Crippen molar-refractivity contribution in [2.75, 3.05) is 68.3 Å². The molecule has 14 heteroatoms. The van der Waals surface area contributed by atoms with E-state index in [1.54, 1.807) is 42.5 Å². The van der Waals surface area contributed by atoms with Crippen molar-refractivity contribution >= 4 is 32.4 Å². The van der Waals surface area contributed by atoms with Crippen LogP contribution >= 0.6 is 11.6 Å². The van der Waals surface area contributed by atoms with Gasteiger partial charge >= 0.3 is 0 Å². The van der Waals surface area contributed by atoms with Gasteiger partial charge in [0, 0.05) is 43.9 Å². The van der Waals surface area contributed by atoms with Crippen molar-refractivity contribution in [1.29, 1.82) is 0 Å². The molecule has 1 N–H and O–H groups in total. The lowest BCUT2D eigenvalue weighted by Gasteiger charge is -2.33. The van der Waals surface area contributed by atoms with Crippen LogP contribution < -0.4 is 39.2 Å². The summed E-state index contributed by atoms with van der Waals surface area (Å²) in [4.78, 5) is 16.2. The Bertz CT molecular complexity index is 1890. The number of benzene rings is 3. The highest BCUT2D eigenvalue weighted by molar-refractivity contribution is 7.92. The SMILES string of the molecule is COc1cc(OC)c2c(=O)c(OCCCN3CCNC(S(=O)(=O)c4ccccc4Cl)C3)c(-c3cc(OC)c(OC)c(OC)c3)oc2c1. The molecule has 12 nitrogen and oxygen atoms in total. The van der Waals surface area contributed by atoms with Gasteiger partial charge in [-0.1, -0.05) is 23.7 Å². The normalized spacial score (nSPS) is 15.3. The van der Waals surface area contributed by atoms with Crippen molar-refractivity contribution < 1.29 is 41.3 Å². The molecule has 3 aromatic carbocycles. The number of hydrogen-bond donors (Lipinski definition) is 1. The van der Waals surface area contributed by atoms with Gasteiger partial charge < -0.3 is 32.8 Å². The molecule has 0 spiro atoms. The highest BCUT2D eigenvalue weighted by atomic mass is 35.5. The highest BCUT2D eigenvalue weighted by Crippen LogP contribution is 2.44. The van der Waals surface area contributed by atoms with Crippen LogP contribution in [0.25, 0.3) is 22.3 Å². The monoisotopic (exact) mass is 688 g/mol. The van der Waals surface area contributed by atoms with Crippen molar-refractivity contribution in [2.45, 2.75) is 16.7 Å². The lowest BCUT2D eigenvalue weighted by Crippen LogP contribution is -2.54. The van der Waals surface area contributed by atoms with Crippen molar-refractivity contribution in [3.63, 3.8) is 0 Å². The fraction of sp³-hybridized carbons (Fsp3) is 0.364. The molecule has 47 heavy (non-hydrogen) atoms. The molecular weight excluding hydrogens is 652 g/mol. The Morgan fingerprint density at radius 3 is 2.26 bits per heavy atom. The van der Waals surface area contributed by atoms with E-state index in [2.05, 4.69) is 5.32 Å². The van der Waals surface area contributed by atoms with Gasteiger partial charge in [0.05, 0.1) is 52.1 Å². The molecule has 0 radical (unpaired) electrons. The number of nitrogens with zero attached hydrogens (tertiary/aromatic N) is 1. The van der Waals surface area contributed by atoms with Crippen LogP contribution in [0.2, 0.25) is 5.02 Å². The third kappa shape index (κ3) is 6.93. The largest absolute Gasteiger partial charge is 0.496 e. The summed E-state index contributed by atoms with van der Waals surface area (Å²) in [6, 6.07) is 12.9. The molecular formula is C33H37ClN2O10S. The molecule has 1 atom stereocenters. The number of nitrogens with one attached hydrogen (secondary N) is 1. The van der Waals surface area contributed by atoms with Gasteiger partial charge in [-0.15, -0.1) is 0 Å². The van der Waals surface area contributed by atoms with E-state index < -0.39 is 20.6 Å². The second kappa shape index (κ2) is 14.7. The van der Waals surface area contributed by atoms with Crippen molar-refractivity contribution in [3.05, 3.63) is 63.8 Å². The smallest absolute Gasteiger partial charge is 0.239 e. The summed E-state index contributed by atoms with van der Waals surface area (Å²) in [5.74, 6) is 1.91. The van der Waals surface area contributed by atoms with E-state index in [1.807, 2.05) is 4.90 Å².